The van der Waals surface area contributed by atoms with Crippen LogP contribution in [0.3, 0.4) is 0 Å². The van der Waals surface area contributed by atoms with Crippen molar-refractivity contribution in [3.05, 3.63) is 66.2 Å². The molecule has 1 fully saturated rings. The summed E-state index contributed by atoms with van der Waals surface area (Å²) < 4.78 is 5.33. The van der Waals surface area contributed by atoms with Crippen LogP contribution in [0, 0.1) is 11.3 Å². The lowest BCUT2D eigenvalue weighted by Crippen LogP contribution is -2.50. The zero-order valence-corrected chi connectivity index (χ0v) is 17.1. The Hall–Kier alpha value is -3.72. The highest BCUT2D eigenvalue weighted by Crippen LogP contribution is 2.28. The summed E-state index contributed by atoms with van der Waals surface area (Å²) >= 11 is 0. The maximum absolute atomic E-state index is 12.9. The second kappa shape index (κ2) is 8.97. The lowest BCUT2D eigenvalue weighted by atomic mass is 9.83. The van der Waals surface area contributed by atoms with E-state index in [1.807, 2.05) is 48.5 Å². The predicted molar refractivity (Wildman–Crippen MR) is 117 cm³/mol. The van der Waals surface area contributed by atoms with E-state index in [2.05, 4.69) is 16.4 Å². The van der Waals surface area contributed by atoms with E-state index in [0.29, 0.717) is 35.0 Å². The Morgan fingerprint density at radius 2 is 1.74 bits per heavy atom. The van der Waals surface area contributed by atoms with Crippen LogP contribution in [0.25, 0.3) is 22.2 Å². The Balaban J connectivity index is 1.53. The van der Waals surface area contributed by atoms with Crippen molar-refractivity contribution < 1.29 is 14.3 Å². The van der Waals surface area contributed by atoms with Crippen molar-refractivity contribution in [2.24, 2.45) is 0 Å². The molecule has 6 nitrogen and oxygen atoms in total. The number of rotatable bonds is 5. The Morgan fingerprint density at radius 3 is 2.48 bits per heavy atom. The number of esters is 1. The quantitative estimate of drug-likeness (QED) is 0.626. The molecule has 1 N–H and O–H groups in total. The molecule has 1 aliphatic rings. The molecule has 1 amide bonds. The van der Waals surface area contributed by atoms with E-state index in [-0.39, 0.29) is 0 Å². The average Bonchev–Trinajstić information content (AvgIpc) is 2.83. The minimum absolute atomic E-state index is 0.352. The van der Waals surface area contributed by atoms with Crippen molar-refractivity contribution in [3.8, 4) is 17.3 Å². The van der Waals surface area contributed by atoms with Crippen molar-refractivity contribution in [1.29, 1.82) is 5.26 Å². The third kappa shape index (κ3) is 4.56. The van der Waals surface area contributed by atoms with Crippen LogP contribution >= 0.6 is 0 Å². The summed E-state index contributed by atoms with van der Waals surface area (Å²) in [5, 5.41) is 13.0. The zero-order chi connectivity index (χ0) is 21.7. The largest absolute Gasteiger partial charge is 0.452 e. The summed E-state index contributed by atoms with van der Waals surface area (Å²) in [5.74, 6) is -1.06. The van der Waals surface area contributed by atoms with Gasteiger partial charge in [-0.05, 0) is 25.0 Å². The van der Waals surface area contributed by atoms with E-state index in [1.165, 1.54) is 0 Å². The Kier molecular flexibility index (Phi) is 5.94. The number of fused-ring (bicyclic) bond motifs is 1. The summed E-state index contributed by atoms with van der Waals surface area (Å²) in [6.45, 7) is -0.431. The first kappa shape index (κ1) is 20.5. The zero-order valence-electron chi connectivity index (χ0n) is 17.1. The van der Waals surface area contributed by atoms with Crippen LogP contribution in [-0.2, 0) is 9.53 Å². The highest BCUT2D eigenvalue weighted by Gasteiger charge is 2.33. The van der Waals surface area contributed by atoms with Gasteiger partial charge in [0.25, 0.3) is 5.91 Å². The smallest absolute Gasteiger partial charge is 0.339 e. The van der Waals surface area contributed by atoms with Crippen LogP contribution in [0.1, 0.15) is 42.5 Å². The number of carbonyl (C=O) groups excluding carboxylic acids is 2. The van der Waals surface area contributed by atoms with E-state index in [1.54, 1.807) is 12.1 Å². The summed E-state index contributed by atoms with van der Waals surface area (Å²) in [5.41, 5.74) is 1.71. The first-order chi connectivity index (χ1) is 15.1. The van der Waals surface area contributed by atoms with Gasteiger partial charge >= 0.3 is 5.97 Å². The Bertz CT molecular complexity index is 1150. The van der Waals surface area contributed by atoms with Crippen molar-refractivity contribution in [3.63, 3.8) is 0 Å². The minimum Gasteiger partial charge on any atom is -0.452 e. The fourth-order valence-electron chi connectivity index (χ4n) is 4.03. The molecule has 0 saturated heterocycles. The lowest BCUT2D eigenvalue weighted by Gasteiger charge is -2.31. The Labute approximate surface area is 180 Å². The number of nitrogens with one attached hydrogen (secondary N) is 1. The molecule has 6 heteroatoms. The number of hydrogen-bond acceptors (Lipinski definition) is 5. The van der Waals surface area contributed by atoms with Gasteiger partial charge in [0.1, 0.15) is 5.54 Å². The van der Waals surface area contributed by atoms with E-state index in [0.717, 1.165) is 24.8 Å². The molecular formula is C25H23N3O3. The van der Waals surface area contributed by atoms with Gasteiger partial charge in [0.15, 0.2) is 6.61 Å². The molecule has 0 spiro atoms. The van der Waals surface area contributed by atoms with Gasteiger partial charge in [0.05, 0.1) is 22.8 Å². The number of nitrogens with zero attached hydrogens (tertiary/aromatic N) is 2. The molecule has 31 heavy (non-hydrogen) atoms. The van der Waals surface area contributed by atoms with E-state index >= 15 is 0 Å². The molecule has 3 aromatic rings. The predicted octanol–water partition coefficient (Wildman–Crippen LogP) is 4.40. The number of amides is 1. The van der Waals surface area contributed by atoms with Gasteiger partial charge in [0.2, 0.25) is 0 Å². The number of pyridine rings is 1. The van der Waals surface area contributed by atoms with Crippen LogP contribution in [0.15, 0.2) is 60.7 Å². The molecular weight excluding hydrogens is 390 g/mol. The van der Waals surface area contributed by atoms with Crippen molar-refractivity contribution in [1.82, 2.24) is 10.3 Å². The maximum Gasteiger partial charge on any atom is 0.339 e. The van der Waals surface area contributed by atoms with Gasteiger partial charge in [-0.15, -0.1) is 0 Å². The van der Waals surface area contributed by atoms with E-state index in [4.69, 9.17) is 4.74 Å². The molecule has 0 bridgehead atoms. The van der Waals surface area contributed by atoms with Gasteiger partial charge in [-0.25, -0.2) is 9.78 Å². The first-order valence-electron chi connectivity index (χ1n) is 10.4. The molecule has 1 saturated carbocycles. The molecule has 2 aromatic carbocycles. The SMILES string of the molecule is N#CC1(NC(=O)COC(=O)c2cc(-c3ccccc3)nc3ccccc23)CCCCC1. The van der Waals surface area contributed by atoms with Crippen LogP contribution in [-0.4, -0.2) is 29.0 Å². The standard InChI is InChI=1S/C25H23N3O3/c26-17-25(13-7-2-8-14-25)28-23(29)16-31-24(30)20-15-22(18-9-3-1-4-10-18)27-21-12-6-5-11-19(20)21/h1,3-6,9-12,15H,2,7-8,13-14,16H2,(H,28,29). The summed E-state index contributed by atoms with van der Waals surface area (Å²) in [7, 11) is 0. The fourth-order valence-corrected chi connectivity index (χ4v) is 4.03. The molecule has 0 radical (unpaired) electrons. The molecule has 156 valence electrons. The minimum atomic E-state index is -0.856. The topological polar surface area (TPSA) is 92.1 Å². The van der Waals surface area contributed by atoms with Crippen LogP contribution in [0.4, 0.5) is 0 Å². The molecule has 1 aliphatic carbocycles. The fraction of sp³-hybridized carbons (Fsp3) is 0.280. The number of para-hydroxylation sites is 1. The second-order valence-corrected chi connectivity index (χ2v) is 7.82. The monoisotopic (exact) mass is 413 g/mol. The summed E-state index contributed by atoms with van der Waals surface area (Å²) in [6.07, 6.45) is 4.11. The Morgan fingerprint density at radius 1 is 1.03 bits per heavy atom. The lowest BCUT2D eigenvalue weighted by molar-refractivity contribution is -0.125. The highest BCUT2D eigenvalue weighted by molar-refractivity contribution is 6.05. The van der Waals surface area contributed by atoms with E-state index < -0.39 is 24.0 Å². The normalized spacial score (nSPS) is 15.1. The number of ether oxygens (including phenoxy) is 1. The number of hydrogen-bond donors (Lipinski definition) is 1. The second-order valence-electron chi connectivity index (χ2n) is 7.82. The molecule has 0 unspecified atom stereocenters. The van der Waals surface area contributed by atoms with Gasteiger partial charge in [-0.1, -0.05) is 67.8 Å². The van der Waals surface area contributed by atoms with Crippen LogP contribution in [0.2, 0.25) is 0 Å². The van der Waals surface area contributed by atoms with Gasteiger partial charge in [-0.2, -0.15) is 5.26 Å². The third-order valence-corrected chi connectivity index (χ3v) is 5.64. The summed E-state index contributed by atoms with van der Waals surface area (Å²) in [4.78, 5) is 30.0. The summed E-state index contributed by atoms with van der Waals surface area (Å²) in [6, 6.07) is 20.8. The average molecular weight is 413 g/mol. The molecule has 0 aliphatic heterocycles. The number of aromatic nitrogens is 1. The van der Waals surface area contributed by atoms with Crippen LogP contribution < -0.4 is 5.32 Å². The number of carbonyl (C=O) groups is 2. The first-order valence-corrected chi connectivity index (χ1v) is 10.4. The van der Waals surface area contributed by atoms with Crippen molar-refractivity contribution >= 4 is 22.8 Å². The van der Waals surface area contributed by atoms with Crippen molar-refractivity contribution in [2.75, 3.05) is 6.61 Å². The number of benzene rings is 2. The maximum atomic E-state index is 12.9. The molecule has 1 heterocycles. The van der Waals surface area contributed by atoms with Gasteiger partial charge in [-0.3, -0.25) is 4.79 Å². The van der Waals surface area contributed by atoms with Gasteiger partial charge < -0.3 is 10.1 Å². The van der Waals surface area contributed by atoms with Gasteiger partial charge in [0, 0.05) is 10.9 Å². The molecule has 1 aromatic heterocycles. The molecule has 0 atom stereocenters. The van der Waals surface area contributed by atoms with E-state index in [9.17, 15) is 14.9 Å². The van der Waals surface area contributed by atoms with Crippen molar-refractivity contribution in [2.45, 2.75) is 37.6 Å². The highest BCUT2D eigenvalue weighted by atomic mass is 16.5. The molecule has 4 rings (SSSR count). The van der Waals surface area contributed by atoms with Crippen LogP contribution in [0.5, 0.6) is 0 Å². The number of nitriles is 1. The third-order valence-electron chi connectivity index (χ3n) is 5.64.